The standard InChI is InChI=1S/C28H32N6O2.C26H36BN3O5.C19H20N6O.C4H5BrO2.C4H4ClN3.C4H9N/c1-19(28(36)31-27-16-25(32-33-27)20-9-10-20)21-6-4-7-22(14-21)26-18-29-17-23(30-26)15-24(35)8-5-13-34-11-2-3-12-34;1-16(18-10-9-11-19(14-18)27-34-25(5,6)26(7,8)35-27)22(31)28-21-15-20(17-12-13-17)30(29-21)23(32)33-24(2,3)4;1-11(19(26)23-18-8-15(24-25-18)12-5-6-12)13-3-2-4-14(7-13)16-9-21-10-17(20)22-16;5-3-1-2-4(6)7;5-3-1-7-2-4(6)8-3;1-2-4-5-3-1/h4-8,14,16-20H,2-3,9-13,15H2,1H3,(H2,31,32,33,36);9-11,14-17H,12-13H2,1-8H3,(H,28,29,31);2-4,7-12H,5-6H2,1H3,(H2,20,22)(H2,23,24,25,26);1-2H,3H2,(H,6,7);1-2H,(H2,6,8);5H,1-4H2/b8-5+;;;2-1+;;. The van der Waals surface area contributed by atoms with Gasteiger partial charge in [0, 0.05) is 82.6 Å². The van der Waals surface area contributed by atoms with Crippen LogP contribution in [0.2, 0.25) is 5.15 Å². The number of nitrogen functional groups attached to an aromatic ring is 2. The highest BCUT2D eigenvalue weighted by atomic mass is 79.9. The number of allylic oxidation sites excluding steroid dienone is 2. The Morgan fingerprint density at radius 2 is 1.13 bits per heavy atom. The summed E-state index contributed by atoms with van der Waals surface area (Å²) in [6.45, 7) is 24.6. The summed E-state index contributed by atoms with van der Waals surface area (Å²) in [4.78, 5) is 100. The van der Waals surface area contributed by atoms with Crippen LogP contribution in [0.1, 0.15) is 208 Å². The van der Waals surface area contributed by atoms with Crippen molar-refractivity contribution < 1.29 is 47.9 Å². The quantitative estimate of drug-likeness (QED) is 0.0173. The highest BCUT2D eigenvalue weighted by molar-refractivity contribution is 9.09. The number of halogens is 2. The van der Waals surface area contributed by atoms with Crippen LogP contribution in [0.4, 0.5) is 33.9 Å². The maximum Gasteiger partial charge on any atom is 0.494 e. The third-order valence-electron chi connectivity index (χ3n) is 20.3. The van der Waals surface area contributed by atoms with Gasteiger partial charge in [-0.15, -0.1) is 5.10 Å². The minimum Gasteiger partial charge on any atom is -0.478 e. The van der Waals surface area contributed by atoms with Gasteiger partial charge in [-0.1, -0.05) is 100 Å². The summed E-state index contributed by atoms with van der Waals surface area (Å²) in [5.41, 5.74) is 19.5. The number of nitrogens with zero attached hydrogens (tertiary/aromatic N) is 11. The Morgan fingerprint density at radius 1 is 0.632 bits per heavy atom. The molecule has 29 nitrogen and oxygen atoms in total. The fraction of sp³-hybridized carbons (Fsp3) is 0.424. The molecule has 618 valence electrons. The second kappa shape index (κ2) is 41.4. The highest BCUT2D eigenvalue weighted by Gasteiger charge is 2.52. The number of amides is 3. The lowest BCUT2D eigenvalue weighted by atomic mass is 9.77. The van der Waals surface area contributed by atoms with Crippen molar-refractivity contribution in [1.82, 2.24) is 70.3 Å². The fourth-order valence-electron chi connectivity index (χ4n) is 12.4. The van der Waals surface area contributed by atoms with Gasteiger partial charge in [0.15, 0.2) is 23.2 Å². The number of carboxylic acids is 1. The molecular formula is C85H106BBrClN19O10. The molecule has 0 radical (unpaired) electrons. The number of ketones is 1. The van der Waals surface area contributed by atoms with Crippen LogP contribution in [0, 0.1) is 0 Å². The average Bonchev–Trinajstić information content (AvgIpc) is 1.64. The molecule has 3 saturated carbocycles. The molecule has 3 aliphatic heterocycles. The van der Waals surface area contributed by atoms with Gasteiger partial charge in [0.05, 0.1) is 89.1 Å². The summed E-state index contributed by atoms with van der Waals surface area (Å²) in [5, 5.41) is 39.5. The third-order valence-corrected chi connectivity index (χ3v) is 20.8. The average molecular weight is 1680 g/mol. The van der Waals surface area contributed by atoms with Crippen molar-refractivity contribution in [3.63, 3.8) is 0 Å². The van der Waals surface area contributed by atoms with E-state index in [9.17, 15) is 28.8 Å². The predicted molar refractivity (Wildman–Crippen MR) is 457 cm³/mol. The summed E-state index contributed by atoms with van der Waals surface area (Å²) in [7, 11) is -0.499. The number of likely N-dealkylation sites (tertiary alicyclic amines) is 1. The van der Waals surface area contributed by atoms with E-state index in [-0.39, 0.29) is 47.7 Å². The number of hydrogen-bond acceptors (Lipinski definition) is 22. The van der Waals surface area contributed by atoms with Crippen molar-refractivity contribution in [3.8, 4) is 22.5 Å². The van der Waals surface area contributed by atoms with Crippen LogP contribution in [-0.4, -0.2) is 168 Å². The van der Waals surface area contributed by atoms with Gasteiger partial charge in [-0.2, -0.15) is 14.9 Å². The number of H-pyrrole nitrogens is 2. The molecule has 3 saturated heterocycles. The molecule has 3 unspecified atom stereocenters. The number of aromatic amines is 2. The second-order valence-corrected chi connectivity index (χ2v) is 32.7. The van der Waals surface area contributed by atoms with E-state index in [1.54, 1.807) is 30.7 Å². The number of ether oxygens (including phenoxy) is 1. The number of rotatable bonds is 22. The Hall–Kier alpha value is -10.7. The fourth-order valence-corrected chi connectivity index (χ4v) is 12.8. The number of aromatic nitrogens is 12. The summed E-state index contributed by atoms with van der Waals surface area (Å²) in [6.07, 6.45) is 27.2. The monoisotopic (exact) mass is 1680 g/mol. The number of aliphatic carboxylic acids is 1. The van der Waals surface area contributed by atoms with Crippen molar-refractivity contribution >= 4 is 105 Å². The Morgan fingerprint density at radius 3 is 1.59 bits per heavy atom. The summed E-state index contributed by atoms with van der Waals surface area (Å²) in [6, 6.07) is 28.7. The Labute approximate surface area is 696 Å². The number of hydrogen-bond donors (Lipinski definition) is 9. The van der Waals surface area contributed by atoms with Gasteiger partial charge >= 0.3 is 19.2 Å². The number of benzene rings is 3. The molecule has 3 amide bonds. The van der Waals surface area contributed by atoms with Crippen LogP contribution in [0.25, 0.3) is 22.5 Å². The van der Waals surface area contributed by atoms with Gasteiger partial charge in [-0.05, 0) is 200 Å². The molecule has 3 aromatic carbocycles. The van der Waals surface area contributed by atoms with Crippen LogP contribution in [0.5, 0.6) is 0 Å². The first-order valence-corrected chi connectivity index (χ1v) is 41.1. The number of alkyl halides is 1. The van der Waals surface area contributed by atoms with Crippen molar-refractivity contribution in [2.24, 2.45) is 0 Å². The minimum absolute atomic E-state index is 0.0166. The van der Waals surface area contributed by atoms with Crippen LogP contribution in [-0.2, 0) is 44.4 Å². The Kier molecular flexibility index (Phi) is 31.4. The second-order valence-electron chi connectivity index (χ2n) is 31.6. The molecule has 32 heteroatoms. The predicted octanol–water partition coefficient (Wildman–Crippen LogP) is 14.0. The van der Waals surface area contributed by atoms with E-state index in [4.69, 9.17) is 42.2 Å². The lowest BCUT2D eigenvalue weighted by Crippen LogP contribution is -2.41. The molecule has 117 heavy (non-hydrogen) atoms. The molecule has 9 aromatic rings. The number of carboxylic acid groups (broad SMARTS) is 1. The Balaban J connectivity index is 0.000000166. The van der Waals surface area contributed by atoms with Gasteiger partial charge < -0.3 is 51.9 Å². The lowest BCUT2D eigenvalue weighted by Gasteiger charge is -2.32. The zero-order valence-corrected chi connectivity index (χ0v) is 70.3. The van der Waals surface area contributed by atoms with Crippen LogP contribution >= 0.6 is 27.5 Å². The number of anilines is 5. The molecule has 0 bridgehead atoms. The van der Waals surface area contributed by atoms with Crippen molar-refractivity contribution in [3.05, 3.63) is 197 Å². The number of carbonyl (C=O) groups excluding carboxylic acids is 5. The molecular weight excluding hydrogens is 1570 g/mol. The normalized spacial score (nSPS) is 16.7. The molecule has 9 heterocycles. The van der Waals surface area contributed by atoms with E-state index in [0.717, 1.165) is 88.9 Å². The highest BCUT2D eigenvalue weighted by Crippen LogP contribution is 2.43. The SMILES string of the molecule is C1CCNC1.CC(C(=O)Nc1cc(C2CC2)[nH]n1)c1cccc(-c2cncc(CC(=O)/C=C/CN3CCCC3)n2)c1.CC(C(=O)Nc1cc(C2CC2)[nH]n1)c1cccc(-c2cncc(N)n2)c1.CC(C(=O)Nc1cc(C2CC2)n(C(=O)OC(C)(C)C)n1)c1cccc(B2OC(C)(C)C(C)(C)O2)c1.Nc1cncc(Cl)n1.O=C(O)/C=C/CBr. The van der Waals surface area contributed by atoms with Crippen molar-refractivity contribution in [2.75, 3.05) is 65.5 Å². The maximum atomic E-state index is 13.1. The van der Waals surface area contributed by atoms with Gasteiger partial charge in [-0.3, -0.25) is 49.2 Å². The molecule has 11 N–H and O–H groups in total. The van der Waals surface area contributed by atoms with E-state index in [1.165, 1.54) is 93.8 Å². The molecule has 0 spiro atoms. The van der Waals surface area contributed by atoms with Crippen LogP contribution in [0.15, 0.2) is 152 Å². The van der Waals surface area contributed by atoms with Crippen molar-refractivity contribution in [2.45, 2.75) is 192 Å². The molecule has 6 fully saturated rings. The first-order valence-electron chi connectivity index (χ1n) is 39.6. The molecule has 3 aliphatic carbocycles. The first kappa shape index (κ1) is 88.7. The topological polar surface area (TPSA) is 406 Å². The van der Waals surface area contributed by atoms with E-state index < -0.39 is 41.9 Å². The number of nitrogens with two attached hydrogens (primary N) is 2. The van der Waals surface area contributed by atoms with Crippen LogP contribution < -0.4 is 38.2 Å². The van der Waals surface area contributed by atoms with Gasteiger partial charge in [0.1, 0.15) is 22.4 Å². The summed E-state index contributed by atoms with van der Waals surface area (Å²) < 4.78 is 19.1. The largest absolute Gasteiger partial charge is 0.494 e. The van der Waals surface area contributed by atoms with Gasteiger partial charge in [0.25, 0.3) is 0 Å². The maximum absolute atomic E-state index is 13.1. The zero-order chi connectivity index (χ0) is 84.0. The Bertz CT molecular complexity index is 4890. The lowest BCUT2D eigenvalue weighted by molar-refractivity contribution is -0.131. The zero-order valence-electron chi connectivity index (χ0n) is 67.9. The number of nitrogens with one attached hydrogen (secondary N) is 6. The van der Waals surface area contributed by atoms with Crippen LogP contribution in [0.3, 0.4) is 0 Å². The summed E-state index contributed by atoms with van der Waals surface area (Å²) >= 11 is 8.42. The molecule has 6 aliphatic rings. The van der Waals surface area contributed by atoms with Gasteiger partial charge in [-0.25, -0.2) is 24.5 Å². The summed E-state index contributed by atoms with van der Waals surface area (Å²) in [5.74, 6) is 1.09. The molecule has 3 atom stereocenters. The first-order chi connectivity index (χ1) is 55.9. The third kappa shape index (κ3) is 27.5. The van der Waals surface area contributed by atoms with Gasteiger partial charge in [0.2, 0.25) is 17.7 Å². The molecule has 6 aromatic heterocycles. The minimum atomic E-state index is -0.903. The van der Waals surface area contributed by atoms with E-state index in [0.29, 0.717) is 68.5 Å². The molecule has 15 rings (SSSR count). The van der Waals surface area contributed by atoms with Crippen molar-refractivity contribution in [1.29, 1.82) is 0 Å². The van der Waals surface area contributed by atoms with E-state index >= 15 is 0 Å². The van der Waals surface area contributed by atoms with E-state index in [1.807, 2.05) is 160 Å². The van der Waals surface area contributed by atoms with E-state index in [2.05, 4.69) is 97.5 Å². The number of carbonyl (C=O) groups is 6. The smallest absolute Gasteiger partial charge is 0.478 e.